The first-order chi connectivity index (χ1) is 13.9. The van der Waals surface area contributed by atoms with Gasteiger partial charge in [0.1, 0.15) is 23.3 Å². The predicted octanol–water partition coefficient (Wildman–Crippen LogP) is 2.90. The smallest absolute Gasteiger partial charge is 0.222 e. The predicted molar refractivity (Wildman–Crippen MR) is 116 cm³/mol. The Labute approximate surface area is 175 Å². The molecule has 2 aliphatic heterocycles. The van der Waals surface area contributed by atoms with Crippen LogP contribution in [0.5, 0.6) is 0 Å². The van der Waals surface area contributed by atoms with E-state index in [2.05, 4.69) is 41.2 Å². The van der Waals surface area contributed by atoms with E-state index in [1.807, 2.05) is 13.8 Å². The first-order valence-corrected chi connectivity index (χ1v) is 11.1. The molecule has 2 aliphatic rings. The minimum Gasteiger partial charge on any atom is -0.361 e. The average molecular weight is 416 g/mol. The number of amidine groups is 1. The van der Waals surface area contributed by atoms with Crippen LogP contribution in [0.1, 0.15) is 46.8 Å². The summed E-state index contributed by atoms with van der Waals surface area (Å²) in [5, 5.41) is 7.26. The van der Waals surface area contributed by atoms with Crippen molar-refractivity contribution in [1.82, 2.24) is 20.3 Å². The van der Waals surface area contributed by atoms with Gasteiger partial charge in [-0.15, -0.1) is 11.3 Å². The summed E-state index contributed by atoms with van der Waals surface area (Å²) >= 11 is 1.77. The second kappa shape index (κ2) is 7.91. The van der Waals surface area contributed by atoms with Crippen molar-refractivity contribution in [2.75, 3.05) is 39.8 Å². The van der Waals surface area contributed by atoms with Gasteiger partial charge in [-0.1, -0.05) is 5.16 Å². The van der Waals surface area contributed by atoms with Gasteiger partial charge in [-0.2, -0.15) is 0 Å². The summed E-state index contributed by atoms with van der Waals surface area (Å²) in [6.07, 6.45) is 0.275. The number of rotatable bonds is 3. The van der Waals surface area contributed by atoms with E-state index in [-0.39, 0.29) is 18.4 Å². The maximum absolute atomic E-state index is 12.4. The van der Waals surface area contributed by atoms with Crippen molar-refractivity contribution in [2.24, 2.45) is 4.99 Å². The summed E-state index contributed by atoms with van der Waals surface area (Å²) in [6, 6.07) is -0.344. The van der Waals surface area contributed by atoms with Gasteiger partial charge in [0.15, 0.2) is 0 Å². The van der Waals surface area contributed by atoms with Crippen LogP contribution in [-0.4, -0.2) is 66.5 Å². The molecule has 4 heterocycles. The molecule has 0 radical (unpaired) electrons. The quantitative estimate of drug-likeness (QED) is 0.834. The standard InChI is InChI=1S/C21H29N5O2S/c1-6-22-16(27)11-15-19-18(13(3)28-24-19)20-17(12(2)14(4)29-20)21(23-15)26-9-7-25(5)8-10-26/h15H,6-11H2,1-5H3,(H,22,27). The van der Waals surface area contributed by atoms with Crippen LogP contribution in [0.15, 0.2) is 9.52 Å². The van der Waals surface area contributed by atoms with E-state index in [9.17, 15) is 4.79 Å². The van der Waals surface area contributed by atoms with E-state index >= 15 is 0 Å². The number of hydrogen-bond donors (Lipinski definition) is 1. The van der Waals surface area contributed by atoms with Crippen LogP contribution in [0.4, 0.5) is 0 Å². The average Bonchev–Trinajstić information content (AvgIpc) is 3.15. The summed E-state index contributed by atoms with van der Waals surface area (Å²) in [6.45, 7) is 12.7. The molecular weight excluding hydrogens is 386 g/mol. The van der Waals surface area contributed by atoms with E-state index in [0.29, 0.717) is 6.54 Å². The molecule has 0 saturated carbocycles. The fraction of sp³-hybridized carbons (Fsp3) is 0.571. The molecule has 8 heteroatoms. The Bertz CT molecular complexity index is 953. The van der Waals surface area contributed by atoms with Gasteiger partial charge < -0.3 is 19.6 Å². The molecule has 29 heavy (non-hydrogen) atoms. The third-order valence-corrected chi connectivity index (χ3v) is 7.10. The number of amides is 1. The molecule has 4 rings (SSSR count). The van der Waals surface area contributed by atoms with Crippen molar-refractivity contribution in [3.8, 4) is 10.4 Å². The molecule has 0 bridgehead atoms. The number of nitrogens with zero attached hydrogens (tertiary/aromatic N) is 4. The lowest BCUT2D eigenvalue weighted by atomic mass is 10.0. The third-order valence-electron chi connectivity index (χ3n) is 5.87. The van der Waals surface area contributed by atoms with Crippen LogP contribution < -0.4 is 5.32 Å². The van der Waals surface area contributed by atoms with Crippen molar-refractivity contribution in [1.29, 1.82) is 0 Å². The summed E-state index contributed by atoms with van der Waals surface area (Å²) in [4.78, 5) is 24.8. The molecule has 2 aromatic heterocycles. The first kappa shape index (κ1) is 20.1. The second-order valence-corrected chi connectivity index (χ2v) is 9.13. The highest BCUT2D eigenvalue weighted by Crippen LogP contribution is 2.45. The van der Waals surface area contributed by atoms with Gasteiger partial charge >= 0.3 is 0 Å². The number of likely N-dealkylation sites (N-methyl/N-ethyl adjacent to an activating group) is 1. The van der Waals surface area contributed by atoms with E-state index < -0.39 is 0 Å². The molecule has 1 fully saturated rings. The van der Waals surface area contributed by atoms with Crippen LogP contribution in [-0.2, 0) is 4.79 Å². The summed E-state index contributed by atoms with van der Waals surface area (Å²) in [7, 11) is 2.15. The van der Waals surface area contributed by atoms with Crippen molar-refractivity contribution < 1.29 is 9.32 Å². The Balaban J connectivity index is 1.86. The largest absolute Gasteiger partial charge is 0.361 e. The van der Waals surface area contributed by atoms with Crippen LogP contribution in [0.2, 0.25) is 0 Å². The van der Waals surface area contributed by atoms with Crippen LogP contribution in [0, 0.1) is 20.8 Å². The van der Waals surface area contributed by atoms with Crippen molar-refractivity contribution in [2.45, 2.75) is 40.2 Å². The Morgan fingerprint density at radius 2 is 1.93 bits per heavy atom. The van der Waals surface area contributed by atoms with E-state index in [0.717, 1.165) is 49.0 Å². The summed E-state index contributed by atoms with van der Waals surface area (Å²) in [5.74, 6) is 1.78. The highest BCUT2D eigenvalue weighted by molar-refractivity contribution is 7.16. The molecule has 7 nitrogen and oxygen atoms in total. The number of carbonyl (C=O) groups is 1. The lowest BCUT2D eigenvalue weighted by Gasteiger charge is -2.35. The molecule has 2 aromatic rings. The number of piperazine rings is 1. The lowest BCUT2D eigenvalue weighted by molar-refractivity contribution is -0.121. The highest BCUT2D eigenvalue weighted by Gasteiger charge is 2.35. The normalized spacial score (nSPS) is 19.4. The van der Waals surface area contributed by atoms with Gasteiger partial charge in [0.25, 0.3) is 0 Å². The number of aryl methyl sites for hydroxylation is 2. The maximum atomic E-state index is 12.4. The fourth-order valence-corrected chi connectivity index (χ4v) is 5.34. The zero-order chi connectivity index (χ0) is 20.7. The van der Waals surface area contributed by atoms with E-state index in [4.69, 9.17) is 9.52 Å². The molecule has 1 N–H and O–H groups in total. The maximum Gasteiger partial charge on any atom is 0.222 e. The Morgan fingerprint density at radius 1 is 1.21 bits per heavy atom. The van der Waals surface area contributed by atoms with Gasteiger partial charge in [0.2, 0.25) is 5.91 Å². The number of thiophene rings is 1. The Hall–Kier alpha value is -2.19. The molecule has 1 atom stereocenters. The van der Waals surface area contributed by atoms with Crippen LogP contribution in [0.25, 0.3) is 10.4 Å². The van der Waals surface area contributed by atoms with E-state index in [1.54, 1.807) is 11.3 Å². The number of aromatic nitrogens is 1. The molecule has 0 aliphatic carbocycles. The molecule has 156 valence electrons. The van der Waals surface area contributed by atoms with Crippen LogP contribution in [0.3, 0.4) is 0 Å². The number of nitrogens with one attached hydrogen (secondary N) is 1. The summed E-state index contributed by atoms with van der Waals surface area (Å²) in [5.41, 5.74) is 4.24. The molecule has 1 amide bonds. The molecule has 1 saturated heterocycles. The van der Waals surface area contributed by atoms with Gasteiger partial charge in [-0.05, 0) is 40.3 Å². The summed E-state index contributed by atoms with van der Waals surface area (Å²) < 4.78 is 5.58. The fourth-order valence-electron chi connectivity index (χ4n) is 4.08. The van der Waals surface area contributed by atoms with Crippen molar-refractivity contribution >= 4 is 23.1 Å². The number of fused-ring (bicyclic) bond motifs is 3. The van der Waals surface area contributed by atoms with Gasteiger partial charge in [0, 0.05) is 43.2 Å². The topological polar surface area (TPSA) is 74.0 Å². The molecule has 1 unspecified atom stereocenters. The third kappa shape index (κ3) is 3.59. The highest BCUT2D eigenvalue weighted by atomic mass is 32.1. The van der Waals surface area contributed by atoms with Gasteiger partial charge in [-0.3, -0.25) is 9.79 Å². The van der Waals surface area contributed by atoms with Crippen molar-refractivity contribution in [3.05, 3.63) is 27.5 Å². The minimum absolute atomic E-state index is 0.0104. The minimum atomic E-state index is -0.344. The van der Waals surface area contributed by atoms with Crippen molar-refractivity contribution in [3.63, 3.8) is 0 Å². The zero-order valence-electron chi connectivity index (χ0n) is 17.8. The first-order valence-electron chi connectivity index (χ1n) is 10.3. The lowest BCUT2D eigenvalue weighted by Crippen LogP contribution is -2.47. The SMILES string of the molecule is CCNC(=O)CC1N=C(N2CCN(C)CC2)c2c(sc(C)c2C)-c2c1noc2C. The van der Waals surface area contributed by atoms with Gasteiger partial charge in [0.05, 0.1) is 16.9 Å². The van der Waals surface area contributed by atoms with Crippen LogP contribution >= 0.6 is 11.3 Å². The second-order valence-electron chi connectivity index (χ2n) is 7.90. The number of carbonyl (C=O) groups excluding carboxylic acids is 1. The van der Waals surface area contributed by atoms with Gasteiger partial charge in [-0.25, -0.2) is 0 Å². The zero-order valence-corrected chi connectivity index (χ0v) is 18.7. The Morgan fingerprint density at radius 3 is 2.62 bits per heavy atom. The Kier molecular flexibility index (Phi) is 5.48. The monoisotopic (exact) mass is 415 g/mol. The van der Waals surface area contributed by atoms with E-state index in [1.165, 1.54) is 20.9 Å². The number of aliphatic imine (C=N–C) groups is 1. The molecule has 0 spiro atoms. The molecular formula is C21H29N5O2S. The molecule has 0 aromatic carbocycles. The number of hydrogen-bond acceptors (Lipinski definition) is 7.